The Morgan fingerprint density at radius 2 is 1.95 bits per heavy atom. The molecule has 0 unspecified atom stereocenters. The molecule has 0 aliphatic heterocycles. The smallest absolute Gasteiger partial charge is 0.230 e. The Balaban J connectivity index is 2.19. The molecule has 1 amide bonds. The third kappa shape index (κ3) is 3.26. The molecule has 1 aliphatic carbocycles. The number of hydrogen-bond donors (Lipinski definition) is 2. The van der Waals surface area contributed by atoms with Crippen LogP contribution in [0, 0.1) is 5.92 Å². The van der Waals surface area contributed by atoms with Gasteiger partial charge in [-0.25, -0.2) is 0 Å². The topological polar surface area (TPSA) is 66.6 Å². The molecule has 0 radical (unpaired) electrons. The maximum atomic E-state index is 12.6. The van der Waals surface area contributed by atoms with Crippen LogP contribution in [-0.2, 0) is 4.79 Å². The number of aliphatic hydroxyl groups is 1. The van der Waals surface area contributed by atoms with Crippen LogP contribution >= 0.6 is 0 Å². The number of hydrogen-bond acceptors (Lipinski definition) is 3. The van der Waals surface area contributed by atoms with E-state index in [1.54, 1.807) is 11.0 Å². The Kier molecular flexibility index (Phi) is 4.80. The van der Waals surface area contributed by atoms with Gasteiger partial charge in [-0.15, -0.1) is 0 Å². The van der Waals surface area contributed by atoms with Crippen molar-refractivity contribution in [2.45, 2.75) is 32.1 Å². The second-order valence-electron chi connectivity index (χ2n) is 5.11. The predicted octanol–water partition coefficient (Wildman–Crippen LogP) is 2.17. The van der Waals surface area contributed by atoms with Gasteiger partial charge in [0.2, 0.25) is 5.91 Å². The van der Waals surface area contributed by atoms with Gasteiger partial charge >= 0.3 is 0 Å². The minimum atomic E-state index is -0.0488. The van der Waals surface area contributed by atoms with E-state index in [1.807, 2.05) is 18.2 Å². The first-order valence-electron chi connectivity index (χ1n) is 7.00. The number of amides is 1. The number of rotatable bonds is 4. The summed E-state index contributed by atoms with van der Waals surface area (Å²) in [6.45, 7) is 0.260. The van der Waals surface area contributed by atoms with Crippen LogP contribution in [0.5, 0.6) is 0 Å². The number of benzene rings is 1. The second kappa shape index (κ2) is 6.57. The van der Waals surface area contributed by atoms with Crippen molar-refractivity contribution < 1.29 is 9.90 Å². The zero-order valence-corrected chi connectivity index (χ0v) is 11.2. The number of aliphatic hydroxyl groups excluding tert-OH is 1. The van der Waals surface area contributed by atoms with Crippen LogP contribution in [0.4, 0.5) is 11.4 Å². The maximum absolute atomic E-state index is 12.6. The van der Waals surface area contributed by atoms with E-state index in [9.17, 15) is 9.90 Å². The molecule has 0 bridgehead atoms. The molecule has 2 rings (SSSR count). The van der Waals surface area contributed by atoms with E-state index in [0.717, 1.165) is 25.7 Å². The summed E-state index contributed by atoms with van der Waals surface area (Å²) in [6, 6.07) is 7.34. The fourth-order valence-electron chi connectivity index (χ4n) is 2.75. The van der Waals surface area contributed by atoms with Crippen LogP contribution in [0.15, 0.2) is 24.3 Å². The van der Waals surface area contributed by atoms with Gasteiger partial charge in [0.05, 0.1) is 18.0 Å². The van der Waals surface area contributed by atoms with Crippen molar-refractivity contribution in [1.82, 2.24) is 0 Å². The van der Waals surface area contributed by atoms with Gasteiger partial charge in [-0.2, -0.15) is 0 Å². The molecule has 1 aromatic carbocycles. The lowest BCUT2D eigenvalue weighted by Crippen LogP contribution is -2.39. The number of nitrogen functional groups attached to an aromatic ring is 1. The van der Waals surface area contributed by atoms with Crippen molar-refractivity contribution in [2.75, 3.05) is 23.8 Å². The molecule has 4 heteroatoms. The van der Waals surface area contributed by atoms with Gasteiger partial charge in [-0.3, -0.25) is 4.79 Å². The Labute approximate surface area is 114 Å². The average molecular weight is 262 g/mol. The fraction of sp³-hybridized carbons (Fsp3) is 0.533. The molecule has 0 heterocycles. The molecule has 3 N–H and O–H groups in total. The average Bonchev–Trinajstić information content (AvgIpc) is 2.46. The Bertz CT molecular complexity index is 428. The molecule has 4 nitrogen and oxygen atoms in total. The van der Waals surface area contributed by atoms with Gasteiger partial charge in [0.1, 0.15) is 0 Å². The minimum absolute atomic E-state index is 0.0488. The molecule has 0 aromatic heterocycles. The summed E-state index contributed by atoms with van der Waals surface area (Å²) in [5, 5.41) is 9.20. The molecule has 1 saturated carbocycles. The quantitative estimate of drug-likeness (QED) is 0.817. The van der Waals surface area contributed by atoms with Crippen LogP contribution in [0.2, 0.25) is 0 Å². The van der Waals surface area contributed by atoms with E-state index in [-0.39, 0.29) is 18.4 Å². The van der Waals surface area contributed by atoms with Crippen molar-refractivity contribution >= 4 is 17.3 Å². The van der Waals surface area contributed by atoms with Crippen molar-refractivity contribution in [3.05, 3.63) is 24.3 Å². The molecule has 0 spiro atoms. The lowest BCUT2D eigenvalue weighted by atomic mass is 9.88. The normalized spacial score (nSPS) is 16.3. The van der Waals surface area contributed by atoms with E-state index in [2.05, 4.69) is 0 Å². The first kappa shape index (κ1) is 13.9. The third-order valence-electron chi connectivity index (χ3n) is 3.77. The van der Waals surface area contributed by atoms with Gasteiger partial charge < -0.3 is 15.7 Å². The van der Waals surface area contributed by atoms with Gasteiger partial charge in [0.25, 0.3) is 0 Å². The van der Waals surface area contributed by atoms with Gasteiger partial charge in [0, 0.05) is 12.5 Å². The number of carbonyl (C=O) groups excluding carboxylic acids is 1. The molecular weight excluding hydrogens is 240 g/mol. The molecule has 1 aliphatic rings. The van der Waals surface area contributed by atoms with Crippen molar-refractivity contribution in [3.63, 3.8) is 0 Å². The molecule has 0 saturated heterocycles. The highest BCUT2D eigenvalue weighted by Gasteiger charge is 2.27. The molecule has 1 aromatic rings. The number of nitrogens with zero attached hydrogens (tertiary/aromatic N) is 1. The minimum Gasteiger partial charge on any atom is -0.397 e. The maximum Gasteiger partial charge on any atom is 0.230 e. The summed E-state index contributed by atoms with van der Waals surface area (Å²) in [4.78, 5) is 14.2. The van der Waals surface area contributed by atoms with Gasteiger partial charge in [-0.1, -0.05) is 31.4 Å². The highest BCUT2D eigenvalue weighted by molar-refractivity contribution is 5.97. The summed E-state index contributed by atoms with van der Waals surface area (Å²) >= 11 is 0. The lowest BCUT2D eigenvalue weighted by Gasteiger charge is -2.29. The standard InChI is InChI=1S/C15H22N2O2/c16-13-8-4-5-9-14(13)17(10-11-18)15(19)12-6-2-1-3-7-12/h4-5,8-9,12,18H,1-3,6-7,10-11,16H2. The zero-order chi connectivity index (χ0) is 13.7. The summed E-state index contributed by atoms with van der Waals surface area (Å²) in [7, 11) is 0. The van der Waals surface area contributed by atoms with Gasteiger partial charge in [-0.05, 0) is 25.0 Å². The Morgan fingerprint density at radius 1 is 1.26 bits per heavy atom. The fourth-order valence-corrected chi connectivity index (χ4v) is 2.75. The Morgan fingerprint density at radius 3 is 2.58 bits per heavy atom. The molecule has 19 heavy (non-hydrogen) atoms. The largest absolute Gasteiger partial charge is 0.397 e. The monoisotopic (exact) mass is 262 g/mol. The predicted molar refractivity (Wildman–Crippen MR) is 76.9 cm³/mol. The van der Waals surface area contributed by atoms with Crippen LogP contribution in [0.3, 0.4) is 0 Å². The van der Waals surface area contributed by atoms with Crippen LogP contribution in [-0.4, -0.2) is 24.2 Å². The molecule has 0 atom stereocenters. The lowest BCUT2D eigenvalue weighted by molar-refractivity contribution is -0.123. The van der Waals surface area contributed by atoms with E-state index >= 15 is 0 Å². The van der Waals surface area contributed by atoms with Crippen molar-refractivity contribution in [3.8, 4) is 0 Å². The summed E-state index contributed by atoms with van der Waals surface area (Å²) < 4.78 is 0. The summed E-state index contributed by atoms with van der Waals surface area (Å²) in [6.07, 6.45) is 5.36. The first-order chi connectivity index (χ1) is 9.24. The SMILES string of the molecule is Nc1ccccc1N(CCO)C(=O)C1CCCCC1. The molecule has 104 valence electrons. The molecule has 1 fully saturated rings. The first-order valence-corrected chi connectivity index (χ1v) is 7.00. The second-order valence-corrected chi connectivity index (χ2v) is 5.11. The van der Waals surface area contributed by atoms with E-state index < -0.39 is 0 Å². The van der Waals surface area contributed by atoms with Crippen LogP contribution < -0.4 is 10.6 Å². The van der Waals surface area contributed by atoms with Crippen molar-refractivity contribution in [1.29, 1.82) is 0 Å². The van der Waals surface area contributed by atoms with Crippen LogP contribution in [0.25, 0.3) is 0 Å². The highest BCUT2D eigenvalue weighted by atomic mass is 16.3. The number of anilines is 2. The van der Waals surface area contributed by atoms with Crippen LogP contribution in [0.1, 0.15) is 32.1 Å². The number of carbonyl (C=O) groups is 1. The van der Waals surface area contributed by atoms with E-state index in [4.69, 9.17) is 5.73 Å². The summed E-state index contributed by atoms with van der Waals surface area (Å²) in [5.41, 5.74) is 7.24. The molecular formula is C15H22N2O2. The van der Waals surface area contributed by atoms with E-state index in [1.165, 1.54) is 6.42 Å². The highest BCUT2D eigenvalue weighted by Crippen LogP contribution is 2.29. The van der Waals surface area contributed by atoms with E-state index in [0.29, 0.717) is 17.9 Å². The van der Waals surface area contributed by atoms with Gasteiger partial charge in [0.15, 0.2) is 0 Å². The third-order valence-corrected chi connectivity index (χ3v) is 3.77. The summed E-state index contributed by atoms with van der Waals surface area (Å²) in [5.74, 6) is 0.187. The Hall–Kier alpha value is -1.55. The zero-order valence-electron chi connectivity index (χ0n) is 11.2. The van der Waals surface area contributed by atoms with Crippen molar-refractivity contribution in [2.24, 2.45) is 5.92 Å². The number of nitrogens with two attached hydrogens (primary N) is 1. The number of para-hydroxylation sites is 2.